The highest BCUT2D eigenvalue weighted by Crippen LogP contribution is 2.47. The van der Waals surface area contributed by atoms with E-state index >= 15 is 0 Å². The van der Waals surface area contributed by atoms with Gasteiger partial charge in [0, 0.05) is 19.7 Å². The lowest BCUT2D eigenvalue weighted by atomic mass is 10.0. The first-order chi connectivity index (χ1) is 8.15. The second-order valence-electron chi connectivity index (χ2n) is 4.83. The predicted molar refractivity (Wildman–Crippen MR) is 66.5 cm³/mol. The summed E-state index contributed by atoms with van der Waals surface area (Å²) in [7, 11) is 0. The van der Waals surface area contributed by atoms with Crippen LogP contribution in [0.2, 0.25) is 5.02 Å². The third kappa shape index (κ3) is 3.41. The van der Waals surface area contributed by atoms with E-state index in [-0.39, 0.29) is 17.4 Å². The minimum absolute atomic E-state index is 0.167. The second kappa shape index (κ2) is 5.34. The molecule has 1 saturated carbocycles. The van der Waals surface area contributed by atoms with Crippen molar-refractivity contribution in [2.24, 2.45) is 5.41 Å². The molecule has 17 heavy (non-hydrogen) atoms. The van der Waals surface area contributed by atoms with Crippen LogP contribution in [0.1, 0.15) is 24.8 Å². The molecule has 94 valence electrons. The number of aliphatic hydroxyl groups excluding tert-OH is 1. The number of rotatable bonds is 6. The minimum atomic E-state index is -0.380. The van der Waals surface area contributed by atoms with Gasteiger partial charge in [-0.3, -0.25) is 0 Å². The zero-order valence-corrected chi connectivity index (χ0v) is 10.4. The maximum absolute atomic E-state index is 12.9. The molecule has 4 heteroatoms. The van der Waals surface area contributed by atoms with Crippen LogP contribution >= 0.6 is 11.6 Å². The molecular weight excluding hydrogens is 241 g/mol. The smallest absolute Gasteiger partial charge is 0.141 e. The van der Waals surface area contributed by atoms with Crippen molar-refractivity contribution in [2.45, 2.75) is 25.8 Å². The molecule has 1 aliphatic carbocycles. The van der Waals surface area contributed by atoms with E-state index in [4.69, 9.17) is 16.7 Å². The van der Waals surface area contributed by atoms with Crippen molar-refractivity contribution >= 4 is 11.6 Å². The number of nitrogens with one attached hydrogen (secondary N) is 1. The minimum Gasteiger partial charge on any atom is -0.396 e. The number of aliphatic hydroxyl groups is 1. The van der Waals surface area contributed by atoms with Crippen LogP contribution in [0.4, 0.5) is 4.39 Å². The Morgan fingerprint density at radius 3 is 2.76 bits per heavy atom. The molecule has 0 aliphatic heterocycles. The SMILES string of the molecule is OCCC1(CNCc2ccc(F)c(Cl)c2)CC1. The summed E-state index contributed by atoms with van der Waals surface area (Å²) in [5.74, 6) is -0.380. The highest BCUT2D eigenvalue weighted by Gasteiger charge is 2.41. The van der Waals surface area contributed by atoms with E-state index < -0.39 is 0 Å². The predicted octanol–water partition coefficient (Wildman–Crippen LogP) is 2.73. The second-order valence-corrected chi connectivity index (χ2v) is 5.23. The fourth-order valence-electron chi connectivity index (χ4n) is 2.05. The third-order valence-corrected chi connectivity index (χ3v) is 3.70. The number of hydrogen-bond donors (Lipinski definition) is 2. The van der Waals surface area contributed by atoms with E-state index in [9.17, 15) is 4.39 Å². The van der Waals surface area contributed by atoms with Gasteiger partial charge in [0.15, 0.2) is 0 Å². The van der Waals surface area contributed by atoms with Crippen LogP contribution in [0.15, 0.2) is 18.2 Å². The molecule has 0 radical (unpaired) electrons. The molecule has 2 nitrogen and oxygen atoms in total. The van der Waals surface area contributed by atoms with Crippen molar-refractivity contribution in [1.29, 1.82) is 0 Å². The van der Waals surface area contributed by atoms with Crippen LogP contribution in [0, 0.1) is 11.2 Å². The van der Waals surface area contributed by atoms with Crippen LogP contribution in [0.3, 0.4) is 0 Å². The zero-order chi connectivity index (χ0) is 12.3. The molecule has 1 aromatic carbocycles. The van der Waals surface area contributed by atoms with Gasteiger partial charge in [-0.25, -0.2) is 4.39 Å². The monoisotopic (exact) mass is 257 g/mol. The highest BCUT2D eigenvalue weighted by atomic mass is 35.5. The third-order valence-electron chi connectivity index (χ3n) is 3.41. The lowest BCUT2D eigenvalue weighted by molar-refractivity contribution is 0.245. The largest absolute Gasteiger partial charge is 0.396 e. The zero-order valence-electron chi connectivity index (χ0n) is 9.68. The average Bonchev–Trinajstić information content (AvgIpc) is 3.04. The summed E-state index contributed by atoms with van der Waals surface area (Å²) in [5.41, 5.74) is 1.29. The van der Waals surface area contributed by atoms with E-state index in [0.29, 0.717) is 12.0 Å². The molecule has 1 fully saturated rings. The molecule has 0 aromatic heterocycles. The fraction of sp³-hybridized carbons (Fsp3) is 0.538. The first-order valence-corrected chi connectivity index (χ1v) is 6.29. The van der Waals surface area contributed by atoms with E-state index in [1.165, 1.54) is 18.9 Å². The van der Waals surface area contributed by atoms with E-state index in [0.717, 1.165) is 18.5 Å². The standard InChI is InChI=1S/C13H17ClFNO/c14-11-7-10(1-2-12(11)15)8-16-9-13(3-4-13)5-6-17/h1-2,7,16-17H,3-6,8-9H2. The summed E-state index contributed by atoms with van der Waals surface area (Å²) < 4.78 is 12.9. The lowest BCUT2D eigenvalue weighted by Gasteiger charge is -2.14. The van der Waals surface area contributed by atoms with E-state index in [2.05, 4.69) is 5.32 Å². The Kier molecular flexibility index (Phi) is 4.02. The van der Waals surface area contributed by atoms with Gasteiger partial charge in [-0.2, -0.15) is 0 Å². The molecule has 0 amide bonds. The van der Waals surface area contributed by atoms with Crippen LogP contribution in [-0.4, -0.2) is 18.3 Å². The van der Waals surface area contributed by atoms with E-state index in [1.54, 1.807) is 12.1 Å². The van der Waals surface area contributed by atoms with Gasteiger partial charge < -0.3 is 10.4 Å². The van der Waals surface area contributed by atoms with Crippen molar-refractivity contribution in [3.63, 3.8) is 0 Å². The Morgan fingerprint density at radius 2 is 2.18 bits per heavy atom. The lowest BCUT2D eigenvalue weighted by Crippen LogP contribution is -2.24. The molecule has 0 spiro atoms. The molecule has 0 unspecified atom stereocenters. The summed E-state index contributed by atoms with van der Waals surface area (Å²) >= 11 is 5.71. The van der Waals surface area contributed by atoms with Crippen LogP contribution < -0.4 is 5.32 Å². The van der Waals surface area contributed by atoms with Crippen molar-refractivity contribution < 1.29 is 9.50 Å². The Morgan fingerprint density at radius 1 is 1.41 bits per heavy atom. The summed E-state index contributed by atoms with van der Waals surface area (Å²) in [4.78, 5) is 0. The Hall–Kier alpha value is -0.640. The van der Waals surface area contributed by atoms with E-state index in [1.807, 2.05) is 0 Å². The van der Waals surface area contributed by atoms with Gasteiger partial charge >= 0.3 is 0 Å². The number of halogens is 2. The molecule has 0 atom stereocenters. The summed E-state index contributed by atoms with van der Waals surface area (Å²) in [6, 6.07) is 4.77. The van der Waals surface area contributed by atoms with Gasteiger partial charge in [-0.05, 0) is 42.4 Å². The number of hydrogen-bond acceptors (Lipinski definition) is 2. The molecule has 0 heterocycles. The first kappa shape index (κ1) is 12.8. The number of benzene rings is 1. The van der Waals surface area contributed by atoms with Gasteiger partial charge in [-0.15, -0.1) is 0 Å². The first-order valence-electron chi connectivity index (χ1n) is 5.91. The molecular formula is C13H17ClFNO. The van der Waals surface area contributed by atoms with Gasteiger partial charge in [-0.1, -0.05) is 17.7 Å². The van der Waals surface area contributed by atoms with Crippen molar-refractivity contribution in [1.82, 2.24) is 5.32 Å². The Labute approximate surface area is 106 Å². The molecule has 0 bridgehead atoms. The Bertz CT molecular complexity index is 393. The molecule has 1 aromatic rings. The molecule has 2 N–H and O–H groups in total. The normalized spacial score (nSPS) is 17.1. The molecule has 0 saturated heterocycles. The Balaban J connectivity index is 1.80. The highest BCUT2D eigenvalue weighted by molar-refractivity contribution is 6.30. The van der Waals surface area contributed by atoms with Gasteiger partial charge in [0.25, 0.3) is 0 Å². The quantitative estimate of drug-likeness (QED) is 0.821. The van der Waals surface area contributed by atoms with Crippen LogP contribution in [0.5, 0.6) is 0 Å². The van der Waals surface area contributed by atoms with Crippen molar-refractivity contribution in [2.75, 3.05) is 13.2 Å². The summed E-state index contributed by atoms with van der Waals surface area (Å²) in [5, 5.41) is 12.4. The fourth-order valence-corrected chi connectivity index (χ4v) is 2.25. The van der Waals surface area contributed by atoms with Crippen molar-refractivity contribution in [3.05, 3.63) is 34.6 Å². The summed E-state index contributed by atoms with van der Waals surface area (Å²) in [6.45, 7) is 1.85. The summed E-state index contributed by atoms with van der Waals surface area (Å²) in [6.07, 6.45) is 3.24. The van der Waals surface area contributed by atoms with Crippen LogP contribution in [0.25, 0.3) is 0 Å². The maximum atomic E-state index is 12.9. The maximum Gasteiger partial charge on any atom is 0.141 e. The average molecular weight is 258 g/mol. The van der Waals surface area contributed by atoms with Gasteiger partial charge in [0.2, 0.25) is 0 Å². The molecule has 1 aliphatic rings. The topological polar surface area (TPSA) is 32.3 Å². The van der Waals surface area contributed by atoms with Crippen molar-refractivity contribution in [3.8, 4) is 0 Å². The molecule has 2 rings (SSSR count). The van der Waals surface area contributed by atoms with Gasteiger partial charge in [0.05, 0.1) is 5.02 Å². The van der Waals surface area contributed by atoms with Gasteiger partial charge in [0.1, 0.15) is 5.82 Å². The van der Waals surface area contributed by atoms with Crippen LogP contribution in [-0.2, 0) is 6.54 Å².